The highest BCUT2D eigenvalue weighted by Gasteiger charge is 2.10. The first-order chi connectivity index (χ1) is 8.29. The molecular weight excluding hydrogens is 254 g/mol. The molecule has 2 rings (SSSR count). The Morgan fingerprint density at radius 3 is 3.00 bits per heavy atom. The van der Waals surface area contributed by atoms with Crippen molar-refractivity contribution in [3.8, 4) is 6.07 Å². The van der Waals surface area contributed by atoms with Crippen LogP contribution in [0.2, 0.25) is 0 Å². The Labute approximate surface area is 106 Å². The smallest absolute Gasteiger partial charge is 0.268 e. The summed E-state index contributed by atoms with van der Waals surface area (Å²) < 4.78 is 0. The molecule has 0 atom stereocenters. The molecule has 2 heterocycles. The summed E-state index contributed by atoms with van der Waals surface area (Å²) in [5, 5.41) is 17.5. The molecule has 0 fully saturated rings. The molecule has 1 amide bonds. The summed E-state index contributed by atoms with van der Waals surface area (Å²) in [6, 6.07) is 3.73. The lowest BCUT2D eigenvalue weighted by Gasteiger charge is -1.98. The van der Waals surface area contributed by atoms with Gasteiger partial charge in [-0.25, -0.2) is 4.98 Å². The number of aromatic nitrogens is 1. The van der Waals surface area contributed by atoms with Gasteiger partial charge >= 0.3 is 0 Å². The fourth-order valence-electron chi connectivity index (χ4n) is 1.12. The van der Waals surface area contributed by atoms with E-state index in [0.717, 1.165) is 5.56 Å². The van der Waals surface area contributed by atoms with E-state index in [-0.39, 0.29) is 5.57 Å². The summed E-state index contributed by atoms with van der Waals surface area (Å²) in [6.45, 7) is 0. The molecule has 84 valence electrons. The van der Waals surface area contributed by atoms with Crippen LogP contribution in [0.1, 0.15) is 5.56 Å². The van der Waals surface area contributed by atoms with Crippen molar-refractivity contribution in [2.45, 2.75) is 0 Å². The van der Waals surface area contributed by atoms with Crippen molar-refractivity contribution < 1.29 is 4.79 Å². The number of carbonyl (C=O) groups is 1. The van der Waals surface area contributed by atoms with Crippen LogP contribution in [0.5, 0.6) is 0 Å². The van der Waals surface area contributed by atoms with Crippen molar-refractivity contribution >= 4 is 39.8 Å². The molecule has 2 aromatic rings. The number of rotatable bonds is 3. The third-order valence-corrected chi connectivity index (χ3v) is 3.26. The number of hydrogen-bond donors (Lipinski definition) is 1. The minimum absolute atomic E-state index is 0.0681. The Morgan fingerprint density at radius 2 is 2.41 bits per heavy atom. The van der Waals surface area contributed by atoms with E-state index in [2.05, 4.69) is 10.3 Å². The number of thiophene rings is 1. The highest BCUT2D eigenvalue weighted by molar-refractivity contribution is 7.13. The van der Waals surface area contributed by atoms with E-state index in [0.29, 0.717) is 5.13 Å². The zero-order valence-electron chi connectivity index (χ0n) is 8.58. The van der Waals surface area contributed by atoms with Crippen molar-refractivity contribution in [3.63, 3.8) is 0 Å². The van der Waals surface area contributed by atoms with Gasteiger partial charge in [-0.15, -0.1) is 11.3 Å². The molecule has 0 unspecified atom stereocenters. The first-order valence-corrected chi connectivity index (χ1v) is 6.46. The molecule has 0 aliphatic carbocycles. The fraction of sp³-hybridized carbons (Fsp3) is 0. The molecule has 1 N–H and O–H groups in total. The summed E-state index contributed by atoms with van der Waals surface area (Å²) in [7, 11) is 0. The van der Waals surface area contributed by atoms with Crippen LogP contribution < -0.4 is 5.32 Å². The van der Waals surface area contributed by atoms with Gasteiger partial charge in [0.2, 0.25) is 0 Å². The minimum Gasteiger partial charge on any atom is -0.297 e. The van der Waals surface area contributed by atoms with Crippen LogP contribution in [0.15, 0.2) is 34.0 Å². The maximum Gasteiger partial charge on any atom is 0.268 e. The average molecular weight is 261 g/mol. The highest BCUT2D eigenvalue weighted by Crippen LogP contribution is 2.14. The van der Waals surface area contributed by atoms with Crippen molar-refractivity contribution in [2.24, 2.45) is 0 Å². The number of nitrogens with one attached hydrogen (secondary N) is 1. The second-order valence-corrected chi connectivity index (χ2v) is 4.69. The zero-order chi connectivity index (χ0) is 12.1. The zero-order valence-corrected chi connectivity index (χ0v) is 10.2. The normalized spacial score (nSPS) is 10.9. The Kier molecular flexibility index (Phi) is 3.65. The molecular formula is C11H7N3OS2. The first kappa shape index (κ1) is 11.5. The maximum absolute atomic E-state index is 11.7. The van der Waals surface area contributed by atoms with E-state index in [4.69, 9.17) is 5.26 Å². The quantitative estimate of drug-likeness (QED) is 0.682. The van der Waals surface area contributed by atoms with Crippen LogP contribution in [0.4, 0.5) is 5.13 Å². The van der Waals surface area contributed by atoms with Gasteiger partial charge in [0.15, 0.2) is 5.13 Å². The van der Waals surface area contributed by atoms with Gasteiger partial charge in [0.1, 0.15) is 11.6 Å². The van der Waals surface area contributed by atoms with Crippen LogP contribution in [0.3, 0.4) is 0 Å². The molecule has 0 saturated heterocycles. The number of thiazole rings is 1. The van der Waals surface area contributed by atoms with E-state index in [1.165, 1.54) is 22.7 Å². The molecule has 0 bridgehead atoms. The van der Waals surface area contributed by atoms with Crippen LogP contribution in [0.25, 0.3) is 6.08 Å². The summed E-state index contributed by atoms with van der Waals surface area (Å²) in [6.07, 6.45) is 3.15. The monoisotopic (exact) mass is 261 g/mol. The lowest BCUT2D eigenvalue weighted by Crippen LogP contribution is -2.13. The molecule has 0 aliphatic heterocycles. The summed E-state index contributed by atoms with van der Waals surface area (Å²) >= 11 is 2.82. The van der Waals surface area contributed by atoms with E-state index in [1.54, 1.807) is 17.7 Å². The van der Waals surface area contributed by atoms with Gasteiger partial charge in [0.25, 0.3) is 5.91 Å². The van der Waals surface area contributed by atoms with Gasteiger partial charge in [0.05, 0.1) is 0 Å². The standard InChI is InChI=1S/C11H7N3OS2/c12-6-9(5-8-1-3-16-7-8)10(15)14-11-13-2-4-17-11/h1-5,7H,(H,13,14,15). The lowest BCUT2D eigenvalue weighted by molar-refractivity contribution is -0.112. The number of carbonyl (C=O) groups excluding carboxylic acids is 1. The van der Waals surface area contributed by atoms with Gasteiger partial charge < -0.3 is 0 Å². The van der Waals surface area contributed by atoms with Gasteiger partial charge in [-0.05, 0) is 28.5 Å². The Morgan fingerprint density at radius 1 is 1.53 bits per heavy atom. The highest BCUT2D eigenvalue weighted by atomic mass is 32.1. The molecule has 0 aromatic carbocycles. The second-order valence-electron chi connectivity index (χ2n) is 3.02. The largest absolute Gasteiger partial charge is 0.297 e. The third-order valence-electron chi connectivity index (χ3n) is 1.87. The first-order valence-electron chi connectivity index (χ1n) is 4.64. The SMILES string of the molecule is N#CC(=Cc1ccsc1)C(=O)Nc1nccs1. The van der Waals surface area contributed by atoms with Crippen LogP contribution in [-0.4, -0.2) is 10.9 Å². The van der Waals surface area contributed by atoms with E-state index in [1.807, 2.05) is 22.9 Å². The molecule has 2 aromatic heterocycles. The van der Waals surface area contributed by atoms with Crippen molar-refractivity contribution in [1.29, 1.82) is 5.26 Å². The topological polar surface area (TPSA) is 65.8 Å². The van der Waals surface area contributed by atoms with Crippen LogP contribution in [0, 0.1) is 11.3 Å². The van der Waals surface area contributed by atoms with Gasteiger partial charge in [-0.1, -0.05) is 0 Å². The van der Waals surface area contributed by atoms with E-state index >= 15 is 0 Å². The minimum atomic E-state index is -0.436. The molecule has 17 heavy (non-hydrogen) atoms. The Balaban J connectivity index is 2.14. The number of anilines is 1. The molecule has 0 aliphatic rings. The Bertz CT molecular complexity index is 564. The molecule has 6 heteroatoms. The van der Waals surface area contributed by atoms with Crippen LogP contribution >= 0.6 is 22.7 Å². The summed E-state index contributed by atoms with van der Waals surface area (Å²) in [4.78, 5) is 15.7. The number of amides is 1. The van der Waals surface area contributed by atoms with Gasteiger partial charge in [0, 0.05) is 11.6 Å². The molecule has 0 spiro atoms. The van der Waals surface area contributed by atoms with Crippen molar-refractivity contribution in [2.75, 3.05) is 5.32 Å². The average Bonchev–Trinajstić information content (AvgIpc) is 2.97. The molecule has 0 radical (unpaired) electrons. The van der Waals surface area contributed by atoms with E-state index < -0.39 is 5.91 Å². The number of nitrogens with zero attached hydrogens (tertiary/aromatic N) is 2. The molecule has 0 saturated carbocycles. The third kappa shape index (κ3) is 3.00. The summed E-state index contributed by atoms with van der Waals surface area (Å²) in [5.41, 5.74) is 0.916. The fourth-order valence-corrected chi connectivity index (χ4v) is 2.26. The lowest BCUT2D eigenvalue weighted by atomic mass is 10.2. The Hall–Kier alpha value is -1.97. The summed E-state index contributed by atoms with van der Waals surface area (Å²) in [5.74, 6) is -0.436. The molecule has 4 nitrogen and oxygen atoms in total. The van der Waals surface area contributed by atoms with Crippen molar-refractivity contribution in [3.05, 3.63) is 39.5 Å². The van der Waals surface area contributed by atoms with Gasteiger partial charge in [-0.3, -0.25) is 10.1 Å². The van der Waals surface area contributed by atoms with E-state index in [9.17, 15) is 4.79 Å². The predicted molar refractivity (Wildman–Crippen MR) is 68.7 cm³/mol. The van der Waals surface area contributed by atoms with Crippen molar-refractivity contribution in [1.82, 2.24) is 4.98 Å². The predicted octanol–water partition coefficient (Wildman–Crippen LogP) is 2.75. The maximum atomic E-state index is 11.7. The number of nitriles is 1. The second kappa shape index (κ2) is 5.39. The van der Waals surface area contributed by atoms with Crippen LogP contribution in [-0.2, 0) is 4.79 Å². The number of hydrogen-bond acceptors (Lipinski definition) is 5. The van der Waals surface area contributed by atoms with Gasteiger partial charge in [-0.2, -0.15) is 16.6 Å².